The van der Waals surface area contributed by atoms with Crippen LogP contribution in [0.3, 0.4) is 0 Å². The average Bonchev–Trinajstić information content (AvgIpc) is 3.20. The molecule has 0 saturated heterocycles. The number of anilines is 1. The fourth-order valence-electron chi connectivity index (χ4n) is 3.05. The zero-order chi connectivity index (χ0) is 21.8. The van der Waals surface area contributed by atoms with E-state index in [9.17, 15) is 4.79 Å². The quantitative estimate of drug-likeness (QED) is 0.371. The summed E-state index contributed by atoms with van der Waals surface area (Å²) in [5, 5.41) is 9.30. The van der Waals surface area contributed by atoms with E-state index in [1.54, 1.807) is 19.1 Å². The first-order valence-corrected chi connectivity index (χ1v) is 10.4. The highest BCUT2D eigenvalue weighted by Gasteiger charge is 2.22. The molecule has 0 aliphatic rings. The van der Waals surface area contributed by atoms with E-state index in [1.807, 2.05) is 36.4 Å². The molecular weight excluding hydrogens is 439 g/mol. The fraction of sp³-hybridized carbons (Fsp3) is 0.182. The molecule has 4 rings (SSSR count). The van der Waals surface area contributed by atoms with E-state index < -0.39 is 5.97 Å². The van der Waals surface area contributed by atoms with Gasteiger partial charge in [0.1, 0.15) is 16.9 Å². The number of hydrogen-bond donors (Lipinski definition) is 1. The Morgan fingerprint density at radius 3 is 2.39 bits per heavy atom. The molecule has 0 saturated carbocycles. The molecule has 0 fully saturated rings. The van der Waals surface area contributed by atoms with Gasteiger partial charge in [0.2, 0.25) is 5.82 Å². The Labute approximate surface area is 188 Å². The highest BCUT2D eigenvalue weighted by atomic mass is 35.5. The summed E-state index contributed by atoms with van der Waals surface area (Å²) < 4.78 is 10.5. The van der Waals surface area contributed by atoms with Crippen molar-refractivity contribution >= 4 is 46.1 Å². The number of fused-ring (bicyclic) bond motifs is 1. The Balaban J connectivity index is 1.69. The minimum absolute atomic E-state index is 0.0952. The number of esters is 1. The average molecular weight is 457 g/mol. The molecule has 2 aromatic heterocycles. The number of nitrogens with zero attached hydrogens (tertiary/aromatic N) is 3. The molecular formula is C22H18Cl2N4O3. The molecule has 2 heterocycles. The largest absolute Gasteiger partial charge is 0.460 e. The van der Waals surface area contributed by atoms with Crippen molar-refractivity contribution < 1.29 is 14.1 Å². The van der Waals surface area contributed by atoms with Crippen LogP contribution in [0.15, 0.2) is 53.1 Å². The van der Waals surface area contributed by atoms with Crippen LogP contribution in [-0.4, -0.2) is 34.2 Å². The summed E-state index contributed by atoms with van der Waals surface area (Å²) in [4.78, 5) is 20.8. The molecule has 0 unspecified atom stereocenters. The summed E-state index contributed by atoms with van der Waals surface area (Å²) in [6.07, 6.45) is 0.721. The third kappa shape index (κ3) is 4.78. The molecule has 31 heavy (non-hydrogen) atoms. The van der Waals surface area contributed by atoms with Gasteiger partial charge in [0.05, 0.1) is 6.61 Å². The maximum atomic E-state index is 12.2. The number of ether oxygens (including phenoxy) is 1. The van der Waals surface area contributed by atoms with E-state index in [0.717, 1.165) is 17.5 Å². The highest BCUT2D eigenvalue weighted by Crippen LogP contribution is 2.32. The number of carbonyl (C=O) groups is 1. The molecule has 0 amide bonds. The third-order valence-electron chi connectivity index (χ3n) is 4.53. The summed E-state index contributed by atoms with van der Waals surface area (Å²) in [6.45, 7) is 2.49. The van der Waals surface area contributed by atoms with Gasteiger partial charge in [-0.25, -0.2) is 9.78 Å². The van der Waals surface area contributed by atoms with Crippen LogP contribution in [0, 0.1) is 0 Å². The summed E-state index contributed by atoms with van der Waals surface area (Å²) in [7, 11) is 0. The topological polar surface area (TPSA) is 90.1 Å². The lowest BCUT2D eigenvalue weighted by Crippen LogP contribution is -2.13. The first kappa shape index (κ1) is 21.1. The van der Waals surface area contributed by atoms with E-state index in [1.165, 1.54) is 0 Å². The van der Waals surface area contributed by atoms with Gasteiger partial charge < -0.3 is 14.6 Å². The molecule has 0 aliphatic carbocycles. The zero-order valence-corrected chi connectivity index (χ0v) is 18.1. The first-order chi connectivity index (χ1) is 15.0. The van der Waals surface area contributed by atoms with Crippen molar-refractivity contribution in [1.82, 2.24) is 15.1 Å². The number of hydrogen-bond acceptors (Lipinski definition) is 7. The van der Waals surface area contributed by atoms with Crippen molar-refractivity contribution in [2.45, 2.75) is 13.3 Å². The Kier molecular flexibility index (Phi) is 6.34. The number of aromatic nitrogens is 3. The SMILES string of the molecule is CCOC(=O)c1nc(NCCc2ccc(Cl)cc2)c2c(-c3ccc(Cl)cc3)noc2n1. The number of carbonyl (C=O) groups excluding carboxylic acids is 1. The molecule has 2 aromatic carbocycles. The van der Waals surface area contributed by atoms with Gasteiger partial charge >= 0.3 is 5.97 Å². The molecule has 7 nitrogen and oxygen atoms in total. The predicted molar refractivity (Wildman–Crippen MR) is 120 cm³/mol. The number of benzene rings is 2. The van der Waals surface area contributed by atoms with Gasteiger partial charge in [-0.2, -0.15) is 4.98 Å². The normalized spacial score (nSPS) is 10.9. The number of nitrogens with one attached hydrogen (secondary N) is 1. The third-order valence-corrected chi connectivity index (χ3v) is 5.04. The lowest BCUT2D eigenvalue weighted by atomic mass is 10.1. The minimum atomic E-state index is -0.630. The minimum Gasteiger partial charge on any atom is -0.460 e. The van der Waals surface area contributed by atoms with Crippen molar-refractivity contribution in [3.63, 3.8) is 0 Å². The molecule has 0 bridgehead atoms. The molecule has 158 valence electrons. The Hall–Kier alpha value is -3.16. The van der Waals surface area contributed by atoms with Gasteiger partial charge in [-0.1, -0.05) is 52.6 Å². The second kappa shape index (κ2) is 9.32. The molecule has 9 heteroatoms. The van der Waals surface area contributed by atoms with Gasteiger partial charge in [-0.3, -0.25) is 0 Å². The Morgan fingerprint density at radius 1 is 1.03 bits per heavy atom. The standard InChI is InChI=1S/C22H18Cl2N4O3/c1-2-30-22(29)20-26-19(25-12-11-13-3-7-15(23)8-4-13)17-18(28-31-21(17)27-20)14-5-9-16(24)10-6-14/h3-10H,2,11-12H2,1H3,(H,25,26,27). The van der Waals surface area contributed by atoms with Crippen LogP contribution in [0.1, 0.15) is 23.1 Å². The molecule has 0 aliphatic heterocycles. The molecule has 4 aromatic rings. The fourth-order valence-corrected chi connectivity index (χ4v) is 3.30. The zero-order valence-electron chi connectivity index (χ0n) is 16.6. The van der Waals surface area contributed by atoms with Crippen molar-refractivity contribution in [2.24, 2.45) is 0 Å². The van der Waals surface area contributed by atoms with Crippen LogP contribution in [0.2, 0.25) is 10.0 Å². The van der Waals surface area contributed by atoms with Gasteiger partial charge in [0.25, 0.3) is 5.71 Å². The highest BCUT2D eigenvalue weighted by molar-refractivity contribution is 6.30. The second-order valence-electron chi connectivity index (χ2n) is 6.64. The van der Waals surface area contributed by atoms with E-state index in [0.29, 0.717) is 33.5 Å². The van der Waals surface area contributed by atoms with E-state index in [-0.39, 0.29) is 18.1 Å². The van der Waals surface area contributed by atoms with Crippen LogP contribution < -0.4 is 5.32 Å². The summed E-state index contributed by atoms with van der Waals surface area (Å²) in [5.41, 5.74) is 2.64. The van der Waals surface area contributed by atoms with Crippen LogP contribution in [-0.2, 0) is 11.2 Å². The van der Waals surface area contributed by atoms with Gasteiger partial charge in [0, 0.05) is 22.2 Å². The van der Waals surface area contributed by atoms with Crippen molar-refractivity contribution in [1.29, 1.82) is 0 Å². The monoisotopic (exact) mass is 456 g/mol. The maximum absolute atomic E-state index is 12.2. The van der Waals surface area contributed by atoms with E-state index in [4.69, 9.17) is 32.5 Å². The smallest absolute Gasteiger partial charge is 0.376 e. The molecule has 0 spiro atoms. The molecule has 0 radical (unpaired) electrons. The number of halogens is 2. The van der Waals surface area contributed by atoms with Gasteiger partial charge in [-0.05, 0) is 43.2 Å². The lowest BCUT2D eigenvalue weighted by molar-refractivity contribution is 0.0512. The number of rotatable bonds is 7. The Morgan fingerprint density at radius 2 is 1.71 bits per heavy atom. The lowest BCUT2D eigenvalue weighted by Gasteiger charge is -2.09. The van der Waals surface area contributed by atoms with E-state index in [2.05, 4.69) is 20.4 Å². The van der Waals surface area contributed by atoms with Crippen LogP contribution in [0.4, 0.5) is 5.82 Å². The van der Waals surface area contributed by atoms with Crippen LogP contribution in [0.5, 0.6) is 0 Å². The molecule has 0 atom stereocenters. The first-order valence-electron chi connectivity index (χ1n) is 9.64. The summed E-state index contributed by atoms with van der Waals surface area (Å²) >= 11 is 12.0. The van der Waals surface area contributed by atoms with Crippen LogP contribution in [0.25, 0.3) is 22.4 Å². The summed E-state index contributed by atoms with van der Waals surface area (Å²) in [5.74, 6) is -0.287. The molecule has 1 N–H and O–H groups in total. The van der Waals surface area contributed by atoms with Crippen molar-refractivity contribution in [3.05, 3.63) is 70.0 Å². The summed E-state index contributed by atoms with van der Waals surface area (Å²) in [6, 6.07) is 14.8. The van der Waals surface area contributed by atoms with Crippen molar-refractivity contribution in [3.8, 4) is 11.3 Å². The van der Waals surface area contributed by atoms with Crippen LogP contribution >= 0.6 is 23.2 Å². The van der Waals surface area contributed by atoms with E-state index >= 15 is 0 Å². The maximum Gasteiger partial charge on any atom is 0.376 e. The van der Waals surface area contributed by atoms with Crippen molar-refractivity contribution in [2.75, 3.05) is 18.5 Å². The predicted octanol–water partition coefficient (Wildman–Crippen LogP) is 5.42. The second-order valence-corrected chi connectivity index (χ2v) is 7.51. The van der Waals surface area contributed by atoms with Gasteiger partial charge in [-0.15, -0.1) is 0 Å². The van der Waals surface area contributed by atoms with Gasteiger partial charge in [0.15, 0.2) is 0 Å². The Bertz CT molecular complexity index is 1210.